The molecule has 12 rings (SSSR count). The molecule has 4 aliphatic rings. The van der Waals surface area contributed by atoms with Crippen LogP contribution in [0.15, 0.2) is 133 Å². The Morgan fingerprint density at radius 3 is 1.58 bits per heavy atom. The fourth-order valence-corrected chi connectivity index (χ4v) is 13.6. The molecule has 0 atom stereocenters. The van der Waals surface area contributed by atoms with E-state index in [1.807, 2.05) is 11.3 Å². The van der Waals surface area contributed by atoms with E-state index in [4.69, 9.17) is 0 Å². The van der Waals surface area contributed by atoms with Gasteiger partial charge in [-0.2, -0.15) is 0 Å². The van der Waals surface area contributed by atoms with Crippen LogP contribution in [0.5, 0.6) is 0 Å². The Hall–Kier alpha value is -5.84. The maximum absolute atomic E-state index is 2.74. The second kappa shape index (κ2) is 13.4. The maximum atomic E-state index is 2.74. The summed E-state index contributed by atoms with van der Waals surface area (Å²) in [7, 11) is 0. The Bertz CT molecular complexity index is 3360. The molecule has 2 aliphatic carbocycles. The van der Waals surface area contributed by atoms with Crippen LogP contribution in [0.2, 0.25) is 0 Å². The zero-order chi connectivity index (χ0) is 46.2. The van der Waals surface area contributed by atoms with E-state index in [9.17, 15) is 0 Å². The summed E-state index contributed by atoms with van der Waals surface area (Å²) in [5.41, 5.74) is 25.2. The standard InChI is InChI=1S/C62H61BN2S/c1-58(2,3)36-22-27-39(28-23-36)64-50-31-26-38(60(7,8)9)32-49(50)63-54-51(64)34-44-42-19-15-17-21-47(42)62(12,13)53(44)56(54)65(40-29-24-37(25-30-40)59(4,5)6)55-45-33-43-41-18-14-16-20-46(41)61(10,11)48(43)35-52(45)66-57(55)63/h14-35H,1-13H3. The molecule has 0 fully saturated rings. The highest BCUT2D eigenvalue weighted by atomic mass is 32.1. The fraction of sp³-hybridized carbons (Fsp3) is 0.290. The summed E-state index contributed by atoms with van der Waals surface area (Å²) in [5.74, 6) is 0. The van der Waals surface area contributed by atoms with Crippen molar-refractivity contribution in [3.8, 4) is 22.3 Å². The second-order valence-corrected chi connectivity index (χ2v) is 24.9. The monoisotopic (exact) mass is 876 g/mol. The Morgan fingerprint density at radius 1 is 0.455 bits per heavy atom. The highest BCUT2D eigenvalue weighted by Gasteiger charge is 2.51. The fourth-order valence-electron chi connectivity index (χ4n) is 12.2. The Morgan fingerprint density at radius 2 is 0.985 bits per heavy atom. The van der Waals surface area contributed by atoms with Gasteiger partial charge < -0.3 is 9.80 Å². The number of rotatable bonds is 2. The summed E-state index contributed by atoms with van der Waals surface area (Å²) in [6.07, 6.45) is 0. The first-order valence-corrected chi connectivity index (χ1v) is 24.9. The molecule has 8 aromatic rings. The van der Waals surface area contributed by atoms with Crippen LogP contribution in [0, 0.1) is 0 Å². The molecule has 0 saturated heterocycles. The molecule has 3 heterocycles. The third-order valence-electron chi connectivity index (χ3n) is 15.9. The first kappa shape index (κ1) is 41.6. The molecule has 0 N–H and O–H groups in total. The molecule has 66 heavy (non-hydrogen) atoms. The maximum Gasteiger partial charge on any atom is 0.264 e. The molecule has 0 unspecified atom stereocenters. The number of anilines is 6. The van der Waals surface area contributed by atoms with Gasteiger partial charge in [-0.05, 0) is 137 Å². The smallest absolute Gasteiger partial charge is 0.264 e. The average Bonchev–Trinajstić information content (AvgIpc) is 3.83. The van der Waals surface area contributed by atoms with Gasteiger partial charge in [0.25, 0.3) is 6.71 Å². The highest BCUT2D eigenvalue weighted by molar-refractivity contribution is 7.33. The van der Waals surface area contributed by atoms with Crippen molar-refractivity contribution in [1.29, 1.82) is 0 Å². The minimum Gasteiger partial charge on any atom is -0.311 e. The predicted molar refractivity (Wildman–Crippen MR) is 287 cm³/mol. The van der Waals surface area contributed by atoms with Gasteiger partial charge in [0.05, 0.1) is 5.69 Å². The van der Waals surface area contributed by atoms with Crippen LogP contribution < -0.4 is 25.5 Å². The van der Waals surface area contributed by atoms with E-state index in [1.54, 1.807) is 0 Å². The lowest BCUT2D eigenvalue weighted by Gasteiger charge is -2.45. The lowest BCUT2D eigenvalue weighted by atomic mass is 9.35. The summed E-state index contributed by atoms with van der Waals surface area (Å²) in [6.45, 7) is 30.8. The first-order valence-electron chi connectivity index (χ1n) is 24.1. The molecule has 0 bridgehead atoms. The van der Waals surface area contributed by atoms with Gasteiger partial charge in [-0.25, -0.2) is 0 Å². The van der Waals surface area contributed by atoms with E-state index in [0.29, 0.717) is 0 Å². The van der Waals surface area contributed by atoms with Crippen molar-refractivity contribution < 1.29 is 0 Å². The highest BCUT2D eigenvalue weighted by Crippen LogP contribution is 2.60. The van der Waals surface area contributed by atoms with Gasteiger partial charge in [0.15, 0.2) is 0 Å². The Balaban J connectivity index is 1.25. The third kappa shape index (κ3) is 5.67. The molecule has 7 aromatic carbocycles. The summed E-state index contributed by atoms with van der Waals surface area (Å²) in [4.78, 5) is 5.35. The van der Waals surface area contributed by atoms with E-state index < -0.39 is 0 Å². The van der Waals surface area contributed by atoms with Gasteiger partial charge in [0, 0.05) is 54.1 Å². The van der Waals surface area contributed by atoms with Gasteiger partial charge in [-0.3, -0.25) is 0 Å². The van der Waals surface area contributed by atoms with Crippen molar-refractivity contribution in [2.24, 2.45) is 0 Å². The van der Waals surface area contributed by atoms with Gasteiger partial charge in [-0.15, -0.1) is 11.3 Å². The zero-order valence-corrected chi connectivity index (χ0v) is 41.9. The molecular weight excluding hydrogens is 816 g/mol. The van der Waals surface area contributed by atoms with E-state index in [1.165, 1.54) is 121 Å². The largest absolute Gasteiger partial charge is 0.311 e. The van der Waals surface area contributed by atoms with Gasteiger partial charge >= 0.3 is 0 Å². The molecule has 328 valence electrons. The van der Waals surface area contributed by atoms with Crippen LogP contribution in [0.25, 0.3) is 32.3 Å². The van der Waals surface area contributed by atoms with Crippen molar-refractivity contribution in [2.45, 2.75) is 117 Å². The quantitative estimate of drug-likeness (QED) is 0.160. The molecule has 2 nitrogen and oxygen atoms in total. The van der Waals surface area contributed by atoms with Crippen molar-refractivity contribution in [3.63, 3.8) is 0 Å². The second-order valence-electron chi connectivity index (χ2n) is 23.9. The van der Waals surface area contributed by atoms with E-state index in [-0.39, 0.29) is 33.8 Å². The lowest BCUT2D eigenvalue weighted by molar-refractivity contribution is 0.590. The number of nitrogens with zero attached hydrogens (tertiary/aromatic N) is 2. The minimum atomic E-state index is -0.259. The van der Waals surface area contributed by atoms with Crippen molar-refractivity contribution in [1.82, 2.24) is 0 Å². The van der Waals surface area contributed by atoms with E-state index in [0.717, 1.165) is 0 Å². The molecular formula is C62H61BN2S. The summed E-state index contributed by atoms with van der Waals surface area (Å²) in [6, 6.07) is 52.6. The Kier molecular flexibility index (Phi) is 8.45. The van der Waals surface area contributed by atoms with Crippen molar-refractivity contribution >= 4 is 78.0 Å². The topological polar surface area (TPSA) is 6.48 Å². The van der Waals surface area contributed by atoms with Crippen molar-refractivity contribution in [2.75, 3.05) is 9.80 Å². The number of thiophene rings is 1. The van der Waals surface area contributed by atoms with Crippen LogP contribution in [0.4, 0.5) is 34.1 Å². The number of hydrogen-bond acceptors (Lipinski definition) is 3. The molecule has 0 amide bonds. The summed E-state index contributed by atoms with van der Waals surface area (Å²) < 4.78 is 2.79. The average molecular weight is 877 g/mol. The van der Waals surface area contributed by atoms with Crippen LogP contribution in [0.1, 0.15) is 129 Å². The first-order chi connectivity index (χ1) is 31.2. The molecule has 2 aliphatic heterocycles. The normalized spacial score (nSPS) is 16.1. The predicted octanol–water partition coefficient (Wildman–Crippen LogP) is 15.5. The van der Waals surface area contributed by atoms with Gasteiger partial charge in [0.2, 0.25) is 0 Å². The summed E-state index contributed by atoms with van der Waals surface area (Å²) in [5, 5.41) is 1.34. The SMILES string of the molecule is CC(C)(C)c1ccc(N2c3ccc(C(C)(C)C)cc3B3c4sc5cc6c(cc5c4N(c4ccc(C(C)(C)C)cc4)c4c3c2cc2c4C(C)(C)c3ccccc3-2)-c2ccccc2C6(C)C)cc1. The van der Waals surface area contributed by atoms with Gasteiger partial charge in [0.1, 0.15) is 0 Å². The van der Waals surface area contributed by atoms with Crippen LogP contribution in [-0.4, -0.2) is 6.71 Å². The zero-order valence-electron chi connectivity index (χ0n) is 41.1. The van der Waals surface area contributed by atoms with E-state index >= 15 is 0 Å². The molecule has 0 radical (unpaired) electrons. The Labute approximate surface area is 397 Å². The van der Waals surface area contributed by atoms with Crippen molar-refractivity contribution in [3.05, 3.63) is 172 Å². The van der Waals surface area contributed by atoms with Gasteiger partial charge in [-0.1, -0.05) is 175 Å². The van der Waals surface area contributed by atoms with Crippen LogP contribution in [-0.2, 0) is 27.1 Å². The lowest BCUT2D eigenvalue weighted by Crippen LogP contribution is -2.61. The summed E-state index contributed by atoms with van der Waals surface area (Å²) >= 11 is 2.03. The van der Waals surface area contributed by atoms with Crippen LogP contribution >= 0.6 is 11.3 Å². The third-order valence-corrected chi connectivity index (χ3v) is 17.1. The molecule has 0 spiro atoms. The molecule has 0 saturated carbocycles. The van der Waals surface area contributed by atoms with E-state index in [2.05, 4.69) is 233 Å². The minimum absolute atomic E-state index is 0.0230. The molecule has 4 heteroatoms. The number of fused-ring (bicyclic) bond motifs is 13. The number of hydrogen-bond donors (Lipinski definition) is 0. The number of benzene rings is 7. The van der Waals surface area contributed by atoms with Crippen LogP contribution in [0.3, 0.4) is 0 Å². The molecule has 1 aromatic heterocycles.